The third kappa shape index (κ3) is 5.13. The second-order valence-corrected chi connectivity index (χ2v) is 6.55. The van der Waals surface area contributed by atoms with E-state index in [0.29, 0.717) is 19.1 Å². The van der Waals surface area contributed by atoms with E-state index < -0.39 is 0 Å². The van der Waals surface area contributed by atoms with Crippen molar-refractivity contribution in [1.29, 1.82) is 0 Å². The third-order valence-corrected chi connectivity index (χ3v) is 4.18. The van der Waals surface area contributed by atoms with Crippen molar-refractivity contribution in [1.82, 2.24) is 15.1 Å². The molecule has 1 aromatic rings. The van der Waals surface area contributed by atoms with E-state index in [1.165, 1.54) is 0 Å². The number of likely N-dealkylation sites (tertiary alicyclic amines) is 1. The summed E-state index contributed by atoms with van der Waals surface area (Å²) >= 11 is 0. The van der Waals surface area contributed by atoms with Crippen molar-refractivity contribution >= 4 is 6.03 Å². The van der Waals surface area contributed by atoms with Crippen LogP contribution in [0.15, 0.2) is 18.2 Å². The van der Waals surface area contributed by atoms with Gasteiger partial charge >= 0.3 is 6.03 Å². The second-order valence-electron chi connectivity index (χ2n) is 6.55. The Morgan fingerprint density at radius 2 is 2.22 bits per heavy atom. The number of ether oxygens (including phenoxy) is 1. The molecule has 5 nitrogen and oxygen atoms in total. The summed E-state index contributed by atoms with van der Waals surface area (Å²) in [5, 5.41) is 3.03. The van der Waals surface area contributed by atoms with Gasteiger partial charge in [0.2, 0.25) is 0 Å². The molecule has 5 heteroatoms. The predicted octanol–water partition coefficient (Wildman–Crippen LogP) is 2.49. The summed E-state index contributed by atoms with van der Waals surface area (Å²) in [6.45, 7) is 7.98. The lowest BCUT2D eigenvalue weighted by Gasteiger charge is -2.19. The fourth-order valence-corrected chi connectivity index (χ4v) is 3.11. The number of aryl methyl sites for hydroxylation is 1. The number of nitrogens with one attached hydrogen (secondary N) is 1. The molecule has 0 bridgehead atoms. The van der Waals surface area contributed by atoms with E-state index in [9.17, 15) is 4.79 Å². The van der Waals surface area contributed by atoms with Crippen LogP contribution in [0.25, 0.3) is 0 Å². The first-order valence-electron chi connectivity index (χ1n) is 8.39. The summed E-state index contributed by atoms with van der Waals surface area (Å²) in [6.07, 6.45) is 1.09. The van der Waals surface area contributed by atoms with Crippen molar-refractivity contribution < 1.29 is 9.53 Å². The van der Waals surface area contributed by atoms with Gasteiger partial charge in [-0.1, -0.05) is 12.1 Å². The van der Waals surface area contributed by atoms with Crippen LogP contribution in [0.5, 0.6) is 5.75 Å². The summed E-state index contributed by atoms with van der Waals surface area (Å²) in [4.78, 5) is 16.4. The van der Waals surface area contributed by atoms with Crippen LogP contribution in [0.3, 0.4) is 0 Å². The van der Waals surface area contributed by atoms with E-state index in [4.69, 9.17) is 4.74 Å². The molecule has 0 radical (unpaired) electrons. The van der Waals surface area contributed by atoms with Crippen LogP contribution in [-0.2, 0) is 6.54 Å². The lowest BCUT2D eigenvalue weighted by atomic mass is 10.1. The molecule has 1 N–H and O–H groups in total. The minimum atomic E-state index is 0.0396. The zero-order chi connectivity index (χ0) is 16.8. The molecular formula is C18H29N3O2. The van der Waals surface area contributed by atoms with Gasteiger partial charge in [-0.15, -0.1) is 0 Å². The van der Waals surface area contributed by atoms with Crippen molar-refractivity contribution in [3.05, 3.63) is 29.3 Å². The van der Waals surface area contributed by atoms with Crippen LogP contribution >= 0.6 is 0 Å². The maximum atomic E-state index is 12.3. The van der Waals surface area contributed by atoms with E-state index in [2.05, 4.69) is 30.4 Å². The molecule has 0 aromatic heterocycles. The number of hydrogen-bond donors (Lipinski definition) is 1. The molecule has 0 unspecified atom stereocenters. The summed E-state index contributed by atoms with van der Waals surface area (Å²) in [5.41, 5.74) is 2.20. The first-order chi connectivity index (χ1) is 11.0. The lowest BCUT2D eigenvalue weighted by molar-refractivity contribution is 0.205. The molecule has 0 spiro atoms. The average molecular weight is 319 g/mol. The zero-order valence-electron chi connectivity index (χ0n) is 14.8. The number of nitrogens with zero attached hydrogens (tertiary/aromatic N) is 2. The third-order valence-electron chi connectivity index (χ3n) is 4.18. The van der Waals surface area contributed by atoms with Crippen LogP contribution in [0.2, 0.25) is 0 Å². The van der Waals surface area contributed by atoms with E-state index in [1.54, 1.807) is 0 Å². The minimum absolute atomic E-state index is 0.0396. The molecular weight excluding hydrogens is 290 g/mol. The number of carbonyl (C=O) groups is 1. The Labute approximate surface area is 139 Å². The van der Waals surface area contributed by atoms with Crippen LogP contribution in [0, 0.1) is 12.8 Å². The summed E-state index contributed by atoms with van der Waals surface area (Å²) in [6, 6.07) is 6.10. The second kappa shape index (κ2) is 8.20. The molecule has 1 atom stereocenters. The van der Waals surface area contributed by atoms with Gasteiger partial charge in [0.1, 0.15) is 5.75 Å². The summed E-state index contributed by atoms with van der Waals surface area (Å²) < 4.78 is 5.54. The molecule has 128 valence electrons. The monoisotopic (exact) mass is 319 g/mol. The van der Waals surface area contributed by atoms with Crippen LogP contribution < -0.4 is 10.1 Å². The maximum absolute atomic E-state index is 12.3. The Balaban J connectivity index is 1.82. The number of hydrogen-bond acceptors (Lipinski definition) is 3. The van der Waals surface area contributed by atoms with E-state index >= 15 is 0 Å². The Kier molecular flexibility index (Phi) is 6.28. The van der Waals surface area contributed by atoms with Crippen molar-refractivity contribution in [3.8, 4) is 5.75 Å². The van der Waals surface area contributed by atoms with Gasteiger partial charge < -0.3 is 19.9 Å². The molecule has 23 heavy (non-hydrogen) atoms. The molecule has 2 amide bonds. The lowest BCUT2D eigenvalue weighted by Crippen LogP contribution is -2.38. The normalized spacial score (nSPS) is 17.6. The highest BCUT2D eigenvalue weighted by atomic mass is 16.5. The maximum Gasteiger partial charge on any atom is 0.317 e. The first-order valence-corrected chi connectivity index (χ1v) is 8.39. The smallest absolute Gasteiger partial charge is 0.317 e. The van der Waals surface area contributed by atoms with E-state index in [-0.39, 0.29) is 6.03 Å². The number of benzene rings is 1. The van der Waals surface area contributed by atoms with Crippen LogP contribution in [0.4, 0.5) is 4.79 Å². The van der Waals surface area contributed by atoms with Gasteiger partial charge in [0, 0.05) is 26.2 Å². The Bertz CT molecular complexity index is 531. The molecule has 1 saturated heterocycles. The topological polar surface area (TPSA) is 44.8 Å². The van der Waals surface area contributed by atoms with Crippen LogP contribution in [-0.4, -0.2) is 56.2 Å². The molecule has 0 aliphatic carbocycles. The molecule has 1 aliphatic rings. The van der Waals surface area contributed by atoms with Crippen molar-refractivity contribution in [2.45, 2.75) is 26.8 Å². The standard InChI is InChI=1S/C18H29N3O2/c1-5-23-17-7-6-15(10-14(17)2)11-19-18(22)21-9-8-16(13-21)12-20(3)4/h6-7,10,16H,5,8-9,11-13H2,1-4H3,(H,19,22)/t16-/m1/s1. The molecule has 1 aromatic carbocycles. The number of urea groups is 1. The molecule has 1 heterocycles. The first kappa shape index (κ1) is 17.6. The average Bonchev–Trinajstić information content (AvgIpc) is 2.95. The summed E-state index contributed by atoms with van der Waals surface area (Å²) in [5.74, 6) is 1.50. The van der Waals surface area contributed by atoms with Crippen LogP contribution in [0.1, 0.15) is 24.5 Å². The fraction of sp³-hybridized carbons (Fsp3) is 0.611. The molecule has 1 aliphatic heterocycles. The Morgan fingerprint density at radius 1 is 1.43 bits per heavy atom. The van der Waals surface area contributed by atoms with Gasteiger partial charge in [0.05, 0.1) is 6.61 Å². The fourth-order valence-electron chi connectivity index (χ4n) is 3.11. The molecule has 1 fully saturated rings. The van der Waals surface area contributed by atoms with Gasteiger partial charge in [-0.25, -0.2) is 4.79 Å². The SMILES string of the molecule is CCOc1ccc(CNC(=O)N2CC[C@H](CN(C)C)C2)cc1C. The Morgan fingerprint density at radius 3 is 2.87 bits per heavy atom. The summed E-state index contributed by atoms with van der Waals surface area (Å²) in [7, 11) is 4.16. The highest BCUT2D eigenvalue weighted by Gasteiger charge is 2.26. The van der Waals surface area contributed by atoms with Crippen molar-refractivity contribution in [2.75, 3.05) is 40.3 Å². The van der Waals surface area contributed by atoms with Crippen molar-refractivity contribution in [2.24, 2.45) is 5.92 Å². The van der Waals surface area contributed by atoms with Gasteiger partial charge in [-0.3, -0.25) is 0 Å². The van der Waals surface area contributed by atoms with Gasteiger partial charge in [-0.2, -0.15) is 0 Å². The highest BCUT2D eigenvalue weighted by Crippen LogP contribution is 2.20. The van der Waals surface area contributed by atoms with Gasteiger partial charge in [-0.05, 0) is 57.5 Å². The molecule has 0 saturated carbocycles. The van der Waals surface area contributed by atoms with Gasteiger partial charge in [0.25, 0.3) is 0 Å². The van der Waals surface area contributed by atoms with Crippen molar-refractivity contribution in [3.63, 3.8) is 0 Å². The predicted molar refractivity (Wildman–Crippen MR) is 92.8 cm³/mol. The zero-order valence-corrected chi connectivity index (χ0v) is 14.8. The van der Waals surface area contributed by atoms with Gasteiger partial charge in [0.15, 0.2) is 0 Å². The van der Waals surface area contributed by atoms with E-state index in [0.717, 1.165) is 42.9 Å². The number of rotatable bonds is 6. The number of amides is 2. The largest absolute Gasteiger partial charge is 0.494 e. The highest BCUT2D eigenvalue weighted by molar-refractivity contribution is 5.74. The number of carbonyl (C=O) groups excluding carboxylic acids is 1. The quantitative estimate of drug-likeness (QED) is 0.876. The minimum Gasteiger partial charge on any atom is -0.494 e. The Hall–Kier alpha value is -1.75. The molecule has 2 rings (SSSR count). The van der Waals surface area contributed by atoms with E-state index in [1.807, 2.05) is 30.9 Å².